The summed E-state index contributed by atoms with van der Waals surface area (Å²) in [4.78, 5) is 22.7. The predicted molar refractivity (Wildman–Crippen MR) is 104 cm³/mol. The molecule has 0 aliphatic carbocycles. The zero-order valence-corrected chi connectivity index (χ0v) is 15.5. The van der Waals surface area contributed by atoms with Gasteiger partial charge in [0, 0.05) is 35.4 Å². The van der Waals surface area contributed by atoms with E-state index in [2.05, 4.69) is 20.2 Å². The van der Waals surface area contributed by atoms with Gasteiger partial charge in [-0.25, -0.2) is 4.98 Å². The van der Waals surface area contributed by atoms with Crippen molar-refractivity contribution in [2.75, 3.05) is 32.6 Å². The van der Waals surface area contributed by atoms with Gasteiger partial charge in [0.05, 0.1) is 5.69 Å². The number of aromatic nitrogens is 2. The fourth-order valence-corrected chi connectivity index (χ4v) is 2.98. The molecule has 2 heterocycles. The first-order valence-electron chi connectivity index (χ1n) is 8.17. The molecule has 134 valence electrons. The van der Waals surface area contributed by atoms with Crippen LogP contribution in [0.3, 0.4) is 0 Å². The van der Waals surface area contributed by atoms with E-state index in [1.54, 1.807) is 24.5 Å². The first kappa shape index (κ1) is 18.0. The van der Waals surface area contributed by atoms with Gasteiger partial charge >= 0.3 is 0 Å². The second-order valence-electron chi connectivity index (χ2n) is 5.88. The lowest BCUT2D eigenvalue weighted by molar-refractivity contribution is 0.102. The average Bonchev–Trinajstić information content (AvgIpc) is 3.11. The number of nitrogens with one attached hydrogen (secondary N) is 1. The van der Waals surface area contributed by atoms with E-state index in [1.165, 1.54) is 11.3 Å². The number of amides is 1. The lowest BCUT2D eigenvalue weighted by atomic mass is 10.1. The Hall–Kier alpha value is -2.77. The fourth-order valence-electron chi connectivity index (χ4n) is 2.27. The molecule has 0 aliphatic rings. The van der Waals surface area contributed by atoms with Gasteiger partial charge < -0.3 is 9.64 Å². The van der Waals surface area contributed by atoms with Crippen molar-refractivity contribution in [3.63, 3.8) is 0 Å². The largest absolute Gasteiger partial charge is 0.492 e. The summed E-state index contributed by atoms with van der Waals surface area (Å²) >= 11 is 1.38. The molecule has 3 aromatic rings. The quantitative estimate of drug-likeness (QED) is 0.692. The molecule has 2 aromatic heterocycles. The number of hydrogen-bond donors (Lipinski definition) is 1. The minimum Gasteiger partial charge on any atom is -0.492 e. The van der Waals surface area contributed by atoms with Crippen LogP contribution in [-0.2, 0) is 0 Å². The lowest BCUT2D eigenvalue weighted by Crippen LogP contribution is -2.19. The van der Waals surface area contributed by atoms with Gasteiger partial charge in [-0.05, 0) is 38.4 Å². The van der Waals surface area contributed by atoms with Crippen molar-refractivity contribution in [1.29, 1.82) is 0 Å². The summed E-state index contributed by atoms with van der Waals surface area (Å²) in [5.41, 5.74) is 2.23. The molecule has 0 spiro atoms. The first-order valence-corrected chi connectivity index (χ1v) is 9.05. The molecule has 0 saturated heterocycles. The molecule has 0 unspecified atom stereocenters. The molecule has 0 fully saturated rings. The minimum atomic E-state index is -0.205. The zero-order valence-electron chi connectivity index (χ0n) is 14.7. The highest BCUT2D eigenvalue weighted by atomic mass is 32.1. The average molecular weight is 368 g/mol. The van der Waals surface area contributed by atoms with Gasteiger partial charge in [-0.15, -0.1) is 11.3 Å². The molecule has 26 heavy (non-hydrogen) atoms. The number of benzene rings is 1. The number of thiazole rings is 1. The molecule has 6 nitrogen and oxygen atoms in total. The van der Waals surface area contributed by atoms with E-state index in [0.717, 1.165) is 23.6 Å². The van der Waals surface area contributed by atoms with Crippen molar-refractivity contribution in [2.45, 2.75) is 0 Å². The summed E-state index contributed by atoms with van der Waals surface area (Å²) in [7, 11) is 4.01. The third kappa shape index (κ3) is 4.65. The van der Waals surface area contributed by atoms with Crippen molar-refractivity contribution in [1.82, 2.24) is 14.9 Å². The molecular formula is C19H20N4O2S. The van der Waals surface area contributed by atoms with Gasteiger partial charge in [0.1, 0.15) is 12.4 Å². The Morgan fingerprint density at radius 1 is 1.19 bits per heavy atom. The molecule has 1 amide bonds. The second kappa shape index (κ2) is 8.55. The Bertz CT molecular complexity index is 865. The normalized spacial score (nSPS) is 10.7. The Labute approximate surface area is 156 Å². The van der Waals surface area contributed by atoms with E-state index in [4.69, 9.17) is 4.74 Å². The molecule has 0 atom stereocenters. The van der Waals surface area contributed by atoms with Crippen molar-refractivity contribution < 1.29 is 9.53 Å². The maximum atomic E-state index is 12.2. The van der Waals surface area contributed by atoms with Crippen LogP contribution in [0, 0.1) is 0 Å². The Morgan fingerprint density at radius 2 is 1.96 bits per heavy atom. The van der Waals surface area contributed by atoms with Gasteiger partial charge in [-0.3, -0.25) is 15.1 Å². The Kier molecular flexibility index (Phi) is 5.93. The van der Waals surface area contributed by atoms with Crippen LogP contribution in [0.1, 0.15) is 10.4 Å². The summed E-state index contributed by atoms with van der Waals surface area (Å²) in [6.07, 6.45) is 3.17. The number of likely N-dealkylation sites (N-methyl/N-ethyl adjacent to an activating group) is 1. The summed E-state index contributed by atoms with van der Waals surface area (Å²) in [5.74, 6) is 0.579. The van der Waals surface area contributed by atoms with Gasteiger partial charge in [0.25, 0.3) is 5.91 Å². The van der Waals surface area contributed by atoms with Gasteiger partial charge in [0.15, 0.2) is 5.13 Å². The minimum absolute atomic E-state index is 0.205. The van der Waals surface area contributed by atoms with E-state index >= 15 is 0 Å². The third-order valence-electron chi connectivity index (χ3n) is 3.63. The van der Waals surface area contributed by atoms with E-state index in [0.29, 0.717) is 17.3 Å². The number of carbonyl (C=O) groups is 1. The fraction of sp³-hybridized carbons (Fsp3) is 0.211. The van der Waals surface area contributed by atoms with Gasteiger partial charge in [-0.2, -0.15) is 0 Å². The molecule has 0 radical (unpaired) electrons. The first-order chi connectivity index (χ1) is 12.6. The number of hydrogen-bond acceptors (Lipinski definition) is 6. The van der Waals surface area contributed by atoms with E-state index in [-0.39, 0.29) is 5.91 Å². The highest BCUT2D eigenvalue weighted by molar-refractivity contribution is 7.14. The van der Waals surface area contributed by atoms with Crippen LogP contribution < -0.4 is 10.1 Å². The number of para-hydroxylation sites is 1. The number of pyridine rings is 1. The zero-order chi connectivity index (χ0) is 18.4. The summed E-state index contributed by atoms with van der Waals surface area (Å²) in [6, 6.07) is 11.1. The topological polar surface area (TPSA) is 67.3 Å². The van der Waals surface area contributed by atoms with Crippen LogP contribution in [0.4, 0.5) is 5.13 Å². The number of rotatable bonds is 7. The lowest BCUT2D eigenvalue weighted by Gasteiger charge is -2.13. The van der Waals surface area contributed by atoms with Gasteiger partial charge in [-0.1, -0.05) is 12.1 Å². The highest BCUT2D eigenvalue weighted by Crippen LogP contribution is 2.32. The van der Waals surface area contributed by atoms with E-state index < -0.39 is 0 Å². The Balaban J connectivity index is 1.72. The predicted octanol–water partition coefficient (Wildman–Crippen LogP) is 3.40. The number of anilines is 1. The van der Waals surface area contributed by atoms with E-state index in [1.807, 2.05) is 43.7 Å². The van der Waals surface area contributed by atoms with Gasteiger partial charge in [0.2, 0.25) is 0 Å². The Morgan fingerprint density at radius 3 is 2.73 bits per heavy atom. The smallest absolute Gasteiger partial charge is 0.257 e. The van der Waals surface area contributed by atoms with Crippen LogP contribution in [0.15, 0.2) is 54.2 Å². The number of ether oxygens (including phenoxy) is 1. The van der Waals surface area contributed by atoms with Crippen LogP contribution in [0.5, 0.6) is 5.75 Å². The summed E-state index contributed by atoms with van der Waals surface area (Å²) < 4.78 is 5.89. The number of nitrogens with zero attached hydrogens (tertiary/aromatic N) is 3. The summed E-state index contributed by atoms with van der Waals surface area (Å²) in [5, 5.41) is 5.28. The maximum absolute atomic E-state index is 12.2. The van der Waals surface area contributed by atoms with Crippen LogP contribution >= 0.6 is 11.3 Å². The third-order valence-corrected chi connectivity index (χ3v) is 4.38. The van der Waals surface area contributed by atoms with Crippen molar-refractivity contribution in [2.24, 2.45) is 0 Å². The molecule has 0 saturated carbocycles. The van der Waals surface area contributed by atoms with Crippen molar-refractivity contribution in [3.05, 3.63) is 59.7 Å². The molecule has 3 rings (SSSR count). The molecule has 0 aliphatic heterocycles. The SMILES string of the molecule is CN(C)CCOc1ccccc1-c1csc(NC(=O)c2ccncc2)n1. The van der Waals surface area contributed by atoms with Crippen molar-refractivity contribution >= 4 is 22.4 Å². The highest BCUT2D eigenvalue weighted by Gasteiger charge is 2.12. The molecule has 1 N–H and O–H groups in total. The van der Waals surface area contributed by atoms with Crippen LogP contribution in [0.2, 0.25) is 0 Å². The molecule has 0 bridgehead atoms. The number of carbonyl (C=O) groups excluding carboxylic acids is 1. The monoisotopic (exact) mass is 368 g/mol. The van der Waals surface area contributed by atoms with Crippen molar-refractivity contribution in [3.8, 4) is 17.0 Å². The van der Waals surface area contributed by atoms with Crippen LogP contribution in [0.25, 0.3) is 11.3 Å². The van der Waals surface area contributed by atoms with Crippen LogP contribution in [-0.4, -0.2) is 48.0 Å². The molecule has 7 heteroatoms. The molecule has 1 aromatic carbocycles. The van der Waals surface area contributed by atoms with E-state index in [9.17, 15) is 4.79 Å². The standard InChI is InChI=1S/C19H20N4O2S/c1-23(2)11-12-25-17-6-4-3-5-15(17)16-13-26-19(21-16)22-18(24)14-7-9-20-10-8-14/h3-10,13H,11-12H2,1-2H3,(H,21,22,24). The second-order valence-corrected chi connectivity index (χ2v) is 6.73. The summed E-state index contributed by atoms with van der Waals surface area (Å²) in [6.45, 7) is 1.43. The maximum Gasteiger partial charge on any atom is 0.257 e. The molecular weight excluding hydrogens is 348 g/mol.